The number of hydrogen-bond acceptors (Lipinski definition) is 3. The van der Waals surface area contributed by atoms with Gasteiger partial charge in [-0.3, -0.25) is 0 Å². The third kappa shape index (κ3) is 4.68. The van der Waals surface area contributed by atoms with Crippen molar-refractivity contribution in [1.29, 1.82) is 0 Å². The molecule has 0 fully saturated rings. The lowest BCUT2D eigenvalue weighted by Crippen LogP contribution is -2.38. The first kappa shape index (κ1) is 15.0. The number of benzene rings is 1. The molecule has 0 saturated carbocycles. The summed E-state index contributed by atoms with van der Waals surface area (Å²) in [6, 6.07) is 5.52. The summed E-state index contributed by atoms with van der Waals surface area (Å²) in [7, 11) is 3.22. The van der Waals surface area contributed by atoms with E-state index in [9.17, 15) is 0 Å². The Labute approximate surface area is 118 Å². The Hall–Kier alpha value is -1.04. The van der Waals surface area contributed by atoms with Crippen molar-refractivity contribution < 1.29 is 9.47 Å². The van der Waals surface area contributed by atoms with Crippen molar-refractivity contribution in [3.05, 3.63) is 23.2 Å². The fourth-order valence-electron chi connectivity index (χ4n) is 1.42. The zero-order valence-corrected chi connectivity index (χ0v) is 12.2. The first-order valence-corrected chi connectivity index (χ1v) is 6.25. The summed E-state index contributed by atoms with van der Waals surface area (Å²) >= 11 is 11.1. The molecule has 0 aliphatic heterocycles. The van der Waals surface area contributed by atoms with Crippen molar-refractivity contribution in [3.8, 4) is 5.75 Å². The van der Waals surface area contributed by atoms with Crippen LogP contribution in [0.2, 0.25) is 5.02 Å². The average Bonchev–Trinajstić information content (AvgIpc) is 2.31. The SMILES string of the molecule is COCC(C)NC(=S)Nc1ccc(Cl)c(OC)c1. The van der Waals surface area contributed by atoms with E-state index >= 15 is 0 Å². The van der Waals surface area contributed by atoms with E-state index in [-0.39, 0.29) is 6.04 Å². The van der Waals surface area contributed by atoms with E-state index in [1.165, 1.54) is 0 Å². The van der Waals surface area contributed by atoms with Crippen LogP contribution in [0.4, 0.5) is 5.69 Å². The van der Waals surface area contributed by atoms with Gasteiger partial charge in [0.15, 0.2) is 5.11 Å². The lowest BCUT2D eigenvalue weighted by molar-refractivity contribution is 0.179. The molecule has 0 aliphatic rings. The van der Waals surface area contributed by atoms with E-state index in [4.69, 9.17) is 33.3 Å². The van der Waals surface area contributed by atoms with Crippen LogP contribution in [0.3, 0.4) is 0 Å². The van der Waals surface area contributed by atoms with Gasteiger partial charge in [-0.2, -0.15) is 0 Å². The van der Waals surface area contributed by atoms with Crippen LogP contribution in [0.15, 0.2) is 18.2 Å². The second kappa shape index (κ2) is 7.41. The lowest BCUT2D eigenvalue weighted by Gasteiger charge is -2.16. The van der Waals surface area contributed by atoms with Gasteiger partial charge in [0, 0.05) is 24.9 Å². The smallest absolute Gasteiger partial charge is 0.171 e. The van der Waals surface area contributed by atoms with E-state index in [1.807, 2.05) is 13.0 Å². The second-order valence-electron chi connectivity index (χ2n) is 3.80. The molecule has 1 unspecified atom stereocenters. The molecule has 0 heterocycles. The molecule has 1 atom stereocenters. The van der Waals surface area contributed by atoms with Gasteiger partial charge >= 0.3 is 0 Å². The second-order valence-corrected chi connectivity index (χ2v) is 4.62. The minimum atomic E-state index is 0.143. The van der Waals surface area contributed by atoms with Gasteiger partial charge in [-0.15, -0.1) is 0 Å². The number of anilines is 1. The molecule has 0 bridgehead atoms. The predicted molar refractivity (Wildman–Crippen MR) is 78.7 cm³/mol. The molecule has 1 rings (SSSR count). The van der Waals surface area contributed by atoms with Gasteiger partial charge in [0.05, 0.1) is 18.7 Å². The summed E-state index contributed by atoms with van der Waals surface area (Å²) in [5, 5.41) is 7.26. The number of ether oxygens (including phenoxy) is 2. The van der Waals surface area contributed by atoms with Gasteiger partial charge < -0.3 is 20.1 Å². The van der Waals surface area contributed by atoms with E-state index in [0.29, 0.717) is 22.5 Å². The van der Waals surface area contributed by atoms with Gasteiger partial charge in [-0.25, -0.2) is 0 Å². The fourth-order valence-corrected chi connectivity index (χ4v) is 1.93. The summed E-state index contributed by atoms with van der Waals surface area (Å²) in [4.78, 5) is 0. The maximum absolute atomic E-state index is 5.94. The van der Waals surface area contributed by atoms with Crippen LogP contribution in [0.1, 0.15) is 6.92 Å². The Bertz CT molecular complexity index is 415. The quantitative estimate of drug-likeness (QED) is 0.816. The van der Waals surface area contributed by atoms with Crippen LogP contribution in [0, 0.1) is 0 Å². The highest BCUT2D eigenvalue weighted by Gasteiger charge is 2.06. The molecule has 0 aromatic heterocycles. The molecule has 4 nitrogen and oxygen atoms in total. The van der Waals surface area contributed by atoms with E-state index in [1.54, 1.807) is 26.4 Å². The number of hydrogen-bond donors (Lipinski definition) is 2. The number of methoxy groups -OCH3 is 2. The Morgan fingerprint density at radius 2 is 2.17 bits per heavy atom. The third-order valence-electron chi connectivity index (χ3n) is 2.20. The van der Waals surface area contributed by atoms with Crippen molar-refractivity contribution >= 4 is 34.6 Å². The van der Waals surface area contributed by atoms with Crippen molar-refractivity contribution in [2.75, 3.05) is 26.1 Å². The summed E-state index contributed by atoms with van der Waals surface area (Å²) in [6.07, 6.45) is 0. The number of thiocarbonyl (C=S) groups is 1. The molecule has 2 N–H and O–H groups in total. The Kier molecular flexibility index (Phi) is 6.18. The normalized spacial score (nSPS) is 11.8. The van der Waals surface area contributed by atoms with Gasteiger partial charge in [0.1, 0.15) is 5.75 Å². The van der Waals surface area contributed by atoms with Crippen LogP contribution in [-0.4, -0.2) is 32.0 Å². The van der Waals surface area contributed by atoms with Crippen molar-refractivity contribution in [2.45, 2.75) is 13.0 Å². The van der Waals surface area contributed by atoms with E-state index in [2.05, 4.69) is 10.6 Å². The molecule has 0 aliphatic carbocycles. The molecule has 1 aromatic carbocycles. The van der Waals surface area contributed by atoms with Crippen molar-refractivity contribution in [2.24, 2.45) is 0 Å². The average molecular weight is 289 g/mol. The Morgan fingerprint density at radius 3 is 2.78 bits per heavy atom. The van der Waals surface area contributed by atoms with Gasteiger partial charge in [-0.1, -0.05) is 11.6 Å². The molecule has 0 radical (unpaired) electrons. The Balaban J connectivity index is 2.59. The molecule has 100 valence electrons. The first-order chi connectivity index (χ1) is 8.56. The molecule has 6 heteroatoms. The highest BCUT2D eigenvalue weighted by atomic mass is 35.5. The minimum absolute atomic E-state index is 0.143. The van der Waals surface area contributed by atoms with Crippen LogP contribution in [-0.2, 0) is 4.74 Å². The molecule has 0 amide bonds. The molecular weight excluding hydrogens is 272 g/mol. The van der Waals surface area contributed by atoms with Crippen LogP contribution in [0.5, 0.6) is 5.75 Å². The molecule has 0 spiro atoms. The van der Waals surface area contributed by atoms with Gasteiger partial charge in [0.25, 0.3) is 0 Å². The van der Waals surface area contributed by atoms with Crippen molar-refractivity contribution in [3.63, 3.8) is 0 Å². The topological polar surface area (TPSA) is 42.5 Å². The van der Waals surface area contributed by atoms with Crippen LogP contribution >= 0.6 is 23.8 Å². The zero-order chi connectivity index (χ0) is 13.5. The van der Waals surface area contributed by atoms with E-state index < -0.39 is 0 Å². The van der Waals surface area contributed by atoms with E-state index in [0.717, 1.165) is 5.69 Å². The number of halogens is 1. The minimum Gasteiger partial charge on any atom is -0.495 e. The standard InChI is InChI=1S/C12H17ClN2O2S/c1-8(7-16-2)14-12(18)15-9-4-5-10(13)11(6-9)17-3/h4-6,8H,7H2,1-3H3,(H2,14,15,18). The predicted octanol–water partition coefficient (Wildman–Crippen LogP) is 2.67. The molecular formula is C12H17ClN2O2S. The highest BCUT2D eigenvalue weighted by molar-refractivity contribution is 7.80. The summed E-state index contributed by atoms with van der Waals surface area (Å²) in [6.45, 7) is 2.58. The fraction of sp³-hybridized carbons (Fsp3) is 0.417. The Morgan fingerprint density at radius 1 is 1.44 bits per heavy atom. The third-order valence-corrected chi connectivity index (χ3v) is 2.74. The van der Waals surface area contributed by atoms with Crippen LogP contribution < -0.4 is 15.4 Å². The van der Waals surface area contributed by atoms with Crippen molar-refractivity contribution in [1.82, 2.24) is 5.32 Å². The summed E-state index contributed by atoms with van der Waals surface area (Å²) in [5.41, 5.74) is 0.818. The van der Waals surface area contributed by atoms with Gasteiger partial charge in [-0.05, 0) is 31.3 Å². The van der Waals surface area contributed by atoms with Gasteiger partial charge in [0.2, 0.25) is 0 Å². The number of rotatable bonds is 5. The maximum atomic E-state index is 5.94. The zero-order valence-electron chi connectivity index (χ0n) is 10.6. The molecule has 0 saturated heterocycles. The molecule has 1 aromatic rings. The highest BCUT2D eigenvalue weighted by Crippen LogP contribution is 2.27. The maximum Gasteiger partial charge on any atom is 0.171 e. The number of nitrogens with one attached hydrogen (secondary N) is 2. The first-order valence-electron chi connectivity index (χ1n) is 5.46. The lowest BCUT2D eigenvalue weighted by atomic mass is 10.3. The summed E-state index contributed by atoms with van der Waals surface area (Å²) < 4.78 is 10.2. The monoisotopic (exact) mass is 288 g/mol. The van der Waals surface area contributed by atoms with Crippen LogP contribution in [0.25, 0.3) is 0 Å². The largest absolute Gasteiger partial charge is 0.495 e. The molecule has 18 heavy (non-hydrogen) atoms. The summed E-state index contributed by atoms with van der Waals surface area (Å²) in [5.74, 6) is 0.606.